The molecule has 2 nitrogen and oxygen atoms in total. The topological polar surface area (TPSA) is 49.8 Å². The van der Waals surface area contributed by atoms with Gasteiger partial charge < -0.3 is 5.73 Å². The van der Waals surface area contributed by atoms with Crippen LogP contribution in [0, 0.1) is 11.3 Å². The molecule has 0 amide bonds. The zero-order valence-electron chi connectivity index (χ0n) is 8.33. The van der Waals surface area contributed by atoms with Gasteiger partial charge in [-0.1, -0.05) is 18.2 Å². The van der Waals surface area contributed by atoms with E-state index >= 15 is 0 Å². The van der Waals surface area contributed by atoms with Gasteiger partial charge in [-0.15, -0.1) is 6.58 Å². The number of nitrogens with zero attached hydrogens (tertiary/aromatic N) is 1. The van der Waals surface area contributed by atoms with Crippen molar-refractivity contribution < 1.29 is 0 Å². The van der Waals surface area contributed by atoms with Crippen LogP contribution in [-0.4, -0.2) is 0 Å². The van der Waals surface area contributed by atoms with Crippen LogP contribution >= 0.6 is 0 Å². The molecule has 14 heavy (non-hydrogen) atoms. The van der Waals surface area contributed by atoms with Crippen molar-refractivity contribution >= 4 is 0 Å². The van der Waals surface area contributed by atoms with Crippen molar-refractivity contribution in [2.75, 3.05) is 0 Å². The number of hydrogen-bond acceptors (Lipinski definition) is 2. The molecule has 2 N–H and O–H groups in total. The summed E-state index contributed by atoms with van der Waals surface area (Å²) in [4.78, 5) is 0. The molecule has 1 atom stereocenters. The summed E-state index contributed by atoms with van der Waals surface area (Å²) >= 11 is 0. The lowest BCUT2D eigenvalue weighted by Gasteiger charge is -2.23. The summed E-state index contributed by atoms with van der Waals surface area (Å²) in [6.07, 6.45) is 2.52. The fraction of sp³-hybridized carbons (Fsp3) is 0.250. The molecule has 2 heteroatoms. The highest BCUT2D eigenvalue weighted by molar-refractivity contribution is 5.34. The SMILES string of the molecule is C=CC[C@](C)(N)c1ccc(C#N)cc1. The van der Waals surface area contributed by atoms with E-state index in [0.29, 0.717) is 5.56 Å². The van der Waals surface area contributed by atoms with Crippen LogP contribution in [0.4, 0.5) is 0 Å². The van der Waals surface area contributed by atoms with Gasteiger partial charge in [-0.3, -0.25) is 0 Å². The summed E-state index contributed by atoms with van der Waals surface area (Å²) in [5, 5.41) is 8.64. The molecule has 72 valence electrons. The molecule has 1 rings (SSSR count). The molecule has 1 aromatic rings. The van der Waals surface area contributed by atoms with Gasteiger partial charge in [0, 0.05) is 5.54 Å². The highest BCUT2D eigenvalue weighted by atomic mass is 14.7. The van der Waals surface area contributed by atoms with E-state index in [-0.39, 0.29) is 0 Å². The minimum Gasteiger partial charge on any atom is -0.321 e. The zero-order valence-corrected chi connectivity index (χ0v) is 8.33. The van der Waals surface area contributed by atoms with Crippen LogP contribution in [-0.2, 0) is 5.54 Å². The summed E-state index contributed by atoms with van der Waals surface area (Å²) in [6, 6.07) is 9.42. The van der Waals surface area contributed by atoms with E-state index in [1.165, 1.54) is 0 Å². The largest absolute Gasteiger partial charge is 0.321 e. The first-order chi connectivity index (χ1) is 6.60. The summed E-state index contributed by atoms with van der Waals surface area (Å²) in [6.45, 7) is 5.63. The van der Waals surface area contributed by atoms with E-state index in [1.807, 2.05) is 19.1 Å². The van der Waals surface area contributed by atoms with Crippen LogP contribution in [0.25, 0.3) is 0 Å². The lowest BCUT2D eigenvalue weighted by Crippen LogP contribution is -2.32. The maximum absolute atomic E-state index is 8.64. The second kappa shape index (κ2) is 4.08. The fourth-order valence-electron chi connectivity index (χ4n) is 1.34. The smallest absolute Gasteiger partial charge is 0.0991 e. The second-order valence-corrected chi connectivity index (χ2v) is 3.60. The Labute approximate surface area is 84.7 Å². The maximum Gasteiger partial charge on any atom is 0.0991 e. The van der Waals surface area contributed by atoms with Crippen LogP contribution in [0.3, 0.4) is 0 Å². The molecule has 0 aliphatic heterocycles. The Morgan fingerprint density at radius 2 is 2.07 bits per heavy atom. The normalized spacial score (nSPS) is 14.1. The average molecular weight is 186 g/mol. The van der Waals surface area contributed by atoms with Gasteiger partial charge in [0.2, 0.25) is 0 Å². The van der Waals surface area contributed by atoms with E-state index in [2.05, 4.69) is 12.6 Å². The number of nitriles is 1. The first-order valence-corrected chi connectivity index (χ1v) is 4.50. The number of benzene rings is 1. The first-order valence-electron chi connectivity index (χ1n) is 4.50. The molecule has 0 fully saturated rings. The Morgan fingerprint density at radius 3 is 2.50 bits per heavy atom. The van der Waals surface area contributed by atoms with Crippen LogP contribution in [0.2, 0.25) is 0 Å². The highest BCUT2D eigenvalue weighted by Crippen LogP contribution is 2.21. The lowest BCUT2D eigenvalue weighted by molar-refractivity contribution is 0.502. The van der Waals surface area contributed by atoms with Crippen molar-refractivity contribution in [2.45, 2.75) is 18.9 Å². The molecule has 0 aliphatic carbocycles. The molecule has 0 heterocycles. The van der Waals surface area contributed by atoms with E-state index < -0.39 is 5.54 Å². The van der Waals surface area contributed by atoms with Crippen molar-refractivity contribution in [3.8, 4) is 6.07 Å². The van der Waals surface area contributed by atoms with E-state index in [4.69, 9.17) is 11.0 Å². The van der Waals surface area contributed by atoms with E-state index in [1.54, 1.807) is 18.2 Å². The Bertz CT molecular complexity index is 355. The predicted molar refractivity (Wildman–Crippen MR) is 57.5 cm³/mol. The van der Waals surface area contributed by atoms with Crippen molar-refractivity contribution in [2.24, 2.45) is 5.73 Å². The molecule has 0 aromatic heterocycles. The number of nitrogens with two attached hydrogens (primary N) is 1. The third-order valence-electron chi connectivity index (χ3n) is 2.24. The Kier molecular flexibility index (Phi) is 3.06. The predicted octanol–water partition coefficient (Wildman–Crippen LogP) is 2.31. The van der Waals surface area contributed by atoms with Crippen molar-refractivity contribution in [3.05, 3.63) is 48.0 Å². The maximum atomic E-state index is 8.64. The monoisotopic (exact) mass is 186 g/mol. The molecule has 0 aliphatic rings. The third-order valence-corrected chi connectivity index (χ3v) is 2.24. The average Bonchev–Trinajstić information content (AvgIpc) is 2.18. The van der Waals surface area contributed by atoms with Gasteiger partial charge >= 0.3 is 0 Å². The van der Waals surface area contributed by atoms with E-state index in [0.717, 1.165) is 12.0 Å². The molecule has 1 aromatic carbocycles. The van der Waals surface area contributed by atoms with Gasteiger partial charge in [-0.05, 0) is 31.0 Å². The molecule has 0 unspecified atom stereocenters. The molecule has 0 spiro atoms. The van der Waals surface area contributed by atoms with Crippen LogP contribution in [0.5, 0.6) is 0 Å². The van der Waals surface area contributed by atoms with Gasteiger partial charge in [-0.2, -0.15) is 5.26 Å². The summed E-state index contributed by atoms with van der Waals surface area (Å²) < 4.78 is 0. The van der Waals surface area contributed by atoms with Gasteiger partial charge in [-0.25, -0.2) is 0 Å². The molecule has 0 saturated heterocycles. The van der Waals surface area contributed by atoms with Crippen molar-refractivity contribution in [1.82, 2.24) is 0 Å². The van der Waals surface area contributed by atoms with Crippen molar-refractivity contribution in [1.29, 1.82) is 5.26 Å². The highest BCUT2D eigenvalue weighted by Gasteiger charge is 2.18. The Balaban J connectivity index is 2.97. The van der Waals surface area contributed by atoms with E-state index in [9.17, 15) is 0 Å². The summed E-state index contributed by atoms with van der Waals surface area (Å²) in [7, 11) is 0. The Hall–Kier alpha value is -1.59. The quantitative estimate of drug-likeness (QED) is 0.736. The summed E-state index contributed by atoms with van der Waals surface area (Å²) in [5.74, 6) is 0. The standard InChI is InChI=1S/C12H14N2/c1-3-8-12(2,14)11-6-4-10(9-13)5-7-11/h3-7H,1,8,14H2,2H3/t12-/m0/s1. The van der Waals surface area contributed by atoms with Crippen LogP contribution in [0.15, 0.2) is 36.9 Å². The fourth-order valence-corrected chi connectivity index (χ4v) is 1.34. The van der Waals surface area contributed by atoms with Crippen molar-refractivity contribution in [3.63, 3.8) is 0 Å². The molecule has 0 saturated carbocycles. The molecule has 0 radical (unpaired) electrons. The van der Waals surface area contributed by atoms with Crippen LogP contribution in [0.1, 0.15) is 24.5 Å². The molecule has 0 bridgehead atoms. The van der Waals surface area contributed by atoms with Gasteiger partial charge in [0.05, 0.1) is 11.6 Å². The minimum absolute atomic E-state index is 0.393. The number of hydrogen-bond donors (Lipinski definition) is 1. The molecular weight excluding hydrogens is 172 g/mol. The lowest BCUT2D eigenvalue weighted by atomic mass is 9.89. The third kappa shape index (κ3) is 2.21. The van der Waals surface area contributed by atoms with Gasteiger partial charge in [0.25, 0.3) is 0 Å². The summed E-state index contributed by atoms with van der Waals surface area (Å²) in [5.41, 5.74) is 7.37. The second-order valence-electron chi connectivity index (χ2n) is 3.60. The minimum atomic E-state index is -0.393. The molecular formula is C12H14N2. The zero-order chi connectivity index (χ0) is 10.6. The Morgan fingerprint density at radius 1 is 1.50 bits per heavy atom. The first kappa shape index (κ1) is 10.5. The number of rotatable bonds is 3. The van der Waals surface area contributed by atoms with Crippen LogP contribution < -0.4 is 5.73 Å². The van der Waals surface area contributed by atoms with Gasteiger partial charge in [0.15, 0.2) is 0 Å². The van der Waals surface area contributed by atoms with Gasteiger partial charge in [0.1, 0.15) is 0 Å².